The second-order valence-electron chi connectivity index (χ2n) is 4.21. The monoisotopic (exact) mass is 253 g/mol. The summed E-state index contributed by atoms with van der Waals surface area (Å²) in [6, 6.07) is 16.4. The molecule has 0 unspecified atom stereocenters. The molecule has 1 N–H and O–H groups in total. The van der Waals surface area contributed by atoms with E-state index in [0.717, 1.165) is 11.4 Å². The Morgan fingerprint density at radius 3 is 1.89 bits per heavy atom. The number of hydrogen-bond donors (Lipinski definition) is 1. The quantitative estimate of drug-likeness (QED) is 0.802. The number of nitrogens with one attached hydrogen (secondary N) is 1. The molecule has 2 nitrogen and oxygen atoms in total. The maximum atomic E-state index is 5.42. The van der Waals surface area contributed by atoms with E-state index in [1.165, 1.54) is 11.1 Å². The molecule has 0 saturated heterocycles. The van der Waals surface area contributed by atoms with Crippen LogP contribution >= 0.6 is 0 Å². The number of rotatable bonds is 5. The van der Waals surface area contributed by atoms with Gasteiger partial charge in [-0.25, -0.2) is 0 Å². The molecule has 0 fully saturated rings. The second-order valence-corrected chi connectivity index (χ2v) is 4.21. The van der Waals surface area contributed by atoms with Gasteiger partial charge in [-0.3, -0.25) is 0 Å². The molecule has 0 atom stereocenters. The molecule has 0 aliphatic rings. The van der Waals surface area contributed by atoms with Crippen LogP contribution in [0.5, 0.6) is 5.75 Å². The lowest BCUT2D eigenvalue weighted by Gasteiger charge is -2.02. The third-order valence-corrected chi connectivity index (χ3v) is 2.86. The van der Waals surface area contributed by atoms with E-state index in [0.29, 0.717) is 6.61 Å². The summed E-state index contributed by atoms with van der Waals surface area (Å²) < 4.78 is 5.42. The Bertz CT molecular complexity index is 526. The van der Waals surface area contributed by atoms with Gasteiger partial charge in [0.15, 0.2) is 0 Å². The highest BCUT2D eigenvalue weighted by molar-refractivity contribution is 5.70. The predicted molar refractivity (Wildman–Crippen MR) is 82.5 cm³/mol. The van der Waals surface area contributed by atoms with Crippen molar-refractivity contribution in [2.24, 2.45) is 0 Å². The molecule has 98 valence electrons. The summed E-state index contributed by atoms with van der Waals surface area (Å²) in [5, 5.41) is 3.11. The lowest BCUT2D eigenvalue weighted by molar-refractivity contribution is 0.340. The minimum Gasteiger partial charge on any atom is -0.494 e. The van der Waals surface area contributed by atoms with Gasteiger partial charge in [0.2, 0.25) is 0 Å². The van der Waals surface area contributed by atoms with Gasteiger partial charge in [-0.15, -0.1) is 0 Å². The van der Waals surface area contributed by atoms with Gasteiger partial charge in [0.1, 0.15) is 5.75 Å². The van der Waals surface area contributed by atoms with Crippen LogP contribution in [0.2, 0.25) is 0 Å². The standard InChI is InChI=1S/C17H19NO/c1-3-19-17-12-8-15(9-13-17)5-4-14-6-10-16(18-2)11-7-14/h4-13,18H,3H2,1-2H3/b5-4+. The van der Waals surface area contributed by atoms with Gasteiger partial charge in [-0.2, -0.15) is 0 Å². The summed E-state index contributed by atoms with van der Waals surface area (Å²) in [6.45, 7) is 2.69. The minimum atomic E-state index is 0.701. The fraction of sp³-hybridized carbons (Fsp3) is 0.176. The molecule has 2 rings (SSSR count). The van der Waals surface area contributed by atoms with Crippen LogP contribution in [-0.4, -0.2) is 13.7 Å². The minimum absolute atomic E-state index is 0.701. The molecule has 0 aromatic heterocycles. The zero-order valence-corrected chi connectivity index (χ0v) is 11.4. The van der Waals surface area contributed by atoms with Crippen LogP contribution in [0.15, 0.2) is 48.5 Å². The van der Waals surface area contributed by atoms with E-state index in [9.17, 15) is 0 Å². The van der Waals surface area contributed by atoms with Gasteiger partial charge in [0.05, 0.1) is 6.61 Å². The van der Waals surface area contributed by atoms with Crippen LogP contribution in [0.1, 0.15) is 18.1 Å². The summed E-state index contributed by atoms with van der Waals surface area (Å²) in [4.78, 5) is 0. The third-order valence-electron chi connectivity index (χ3n) is 2.86. The molecule has 0 aliphatic heterocycles. The van der Waals surface area contributed by atoms with Crippen LogP contribution < -0.4 is 10.1 Å². The normalized spacial score (nSPS) is 10.6. The van der Waals surface area contributed by atoms with Gasteiger partial charge in [-0.1, -0.05) is 36.4 Å². The van der Waals surface area contributed by atoms with E-state index < -0.39 is 0 Å². The van der Waals surface area contributed by atoms with E-state index in [-0.39, 0.29) is 0 Å². The summed E-state index contributed by atoms with van der Waals surface area (Å²) in [5.74, 6) is 0.915. The zero-order chi connectivity index (χ0) is 13.5. The van der Waals surface area contributed by atoms with Gasteiger partial charge in [0.25, 0.3) is 0 Å². The SMILES string of the molecule is CCOc1ccc(/C=C/c2ccc(NC)cc2)cc1. The predicted octanol–water partition coefficient (Wildman–Crippen LogP) is 4.30. The van der Waals surface area contributed by atoms with Crippen molar-refractivity contribution in [1.29, 1.82) is 0 Å². The lowest BCUT2D eigenvalue weighted by Crippen LogP contribution is -1.90. The average Bonchev–Trinajstić information content (AvgIpc) is 2.47. The van der Waals surface area contributed by atoms with Crippen LogP contribution in [-0.2, 0) is 0 Å². The molecule has 0 amide bonds. The molecule has 2 aromatic rings. The molecular formula is C17H19NO. The Labute approximate surface area is 114 Å². The molecule has 0 radical (unpaired) electrons. The maximum Gasteiger partial charge on any atom is 0.119 e. The molecule has 0 saturated carbocycles. The Kier molecular flexibility index (Phi) is 4.62. The summed E-state index contributed by atoms with van der Waals surface area (Å²) in [7, 11) is 1.92. The Morgan fingerprint density at radius 1 is 0.895 bits per heavy atom. The molecule has 0 aliphatic carbocycles. The van der Waals surface area contributed by atoms with E-state index in [2.05, 4.69) is 53.9 Å². The first-order chi connectivity index (χ1) is 9.31. The summed E-state index contributed by atoms with van der Waals surface area (Å²) >= 11 is 0. The molecule has 0 bridgehead atoms. The van der Waals surface area contributed by atoms with Crippen molar-refractivity contribution in [3.63, 3.8) is 0 Å². The Hall–Kier alpha value is -2.22. The van der Waals surface area contributed by atoms with E-state index >= 15 is 0 Å². The average molecular weight is 253 g/mol. The largest absolute Gasteiger partial charge is 0.494 e. The van der Waals surface area contributed by atoms with Gasteiger partial charge in [-0.05, 0) is 42.3 Å². The van der Waals surface area contributed by atoms with Crippen LogP contribution in [0.25, 0.3) is 12.2 Å². The van der Waals surface area contributed by atoms with Crippen molar-refractivity contribution < 1.29 is 4.74 Å². The highest BCUT2D eigenvalue weighted by atomic mass is 16.5. The molecule has 0 heterocycles. The molecular weight excluding hydrogens is 234 g/mol. The number of benzene rings is 2. The van der Waals surface area contributed by atoms with Crippen molar-refractivity contribution in [3.8, 4) is 5.75 Å². The topological polar surface area (TPSA) is 21.3 Å². The van der Waals surface area contributed by atoms with Crippen molar-refractivity contribution in [3.05, 3.63) is 59.7 Å². The second kappa shape index (κ2) is 6.64. The highest BCUT2D eigenvalue weighted by Gasteiger charge is 1.92. The summed E-state index contributed by atoms with van der Waals surface area (Å²) in [5.41, 5.74) is 3.48. The van der Waals surface area contributed by atoms with E-state index in [1.807, 2.05) is 26.1 Å². The van der Waals surface area contributed by atoms with E-state index in [1.54, 1.807) is 0 Å². The number of anilines is 1. The molecule has 2 heteroatoms. The molecule has 19 heavy (non-hydrogen) atoms. The number of hydrogen-bond acceptors (Lipinski definition) is 2. The maximum absolute atomic E-state index is 5.42. The lowest BCUT2D eigenvalue weighted by atomic mass is 10.1. The molecule has 0 spiro atoms. The van der Waals surface area contributed by atoms with E-state index in [4.69, 9.17) is 4.74 Å². The third kappa shape index (κ3) is 3.88. The fourth-order valence-electron chi connectivity index (χ4n) is 1.80. The molecule has 2 aromatic carbocycles. The van der Waals surface area contributed by atoms with Crippen LogP contribution in [0.3, 0.4) is 0 Å². The Balaban J connectivity index is 2.04. The highest BCUT2D eigenvalue weighted by Crippen LogP contribution is 2.15. The van der Waals surface area contributed by atoms with Gasteiger partial charge >= 0.3 is 0 Å². The number of ether oxygens (including phenoxy) is 1. The van der Waals surface area contributed by atoms with Gasteiger partial charge < -0.3 is 10.1 Å². The fourth-order valence-corrected chi connectivity index (χ4v) is 1.80. The van der Waals surface area contributed by atoms with Crippen molar-refractivity contribution in [2.75, 3.05) is 19.0 Å². The first-order valence-electron chi connectivity index (χ1n) is 6.50. The first-order valence-corrected chi connectivity index (χ1v) is 6.50. The van der Waals surface area contributed by atoms with Crippen LogP contribution in [0.4, 0.5) is 5.69 Å². The zero-order valence-electron chi connectivity index (χ0n) is 11.4. The van der Waals surface area contributed by atoms with Crippen LogP contribution in [0, 0.1) is 0 Å². The smallest absolute Gasteiger partial charge is 0.119 e. The Morgan fingerprint density at radius 2 is 1.42 bits per heavy atom. The summed E-state index contributed by atoms with van der Waals surface area (Å²) in [6.07, 6.45) is 4.21. The van der Waals surface area contributed by atoms with Crippen molar-refractivity contribution >= 4 is 17.8 Å². The van der Waals surface area contributed by atoms with Gasteiger partial charge in [0, 0.05) is 12.7 Å². The van der Waals surface area contributed by atoms with Crippen molar-refractivity contribution in [2.45, 2.75) is 6.92 Å². The first kappa shape index (κ1) is 13.2. The van der Waals surface area contributed by atoms with Crippen molar-refractivity contribution in [1.82, 2.24) is 0 Å².